The lowest BCUT2D eigenvalue weighted by Gasteiger charge is -2.41. The van der Waals surface area contributed by atoms with E-state index in [0.29, 0.717) is 27.6 Å². The molecule has 0 radical (unpaired) electrons. The van der Waals surface area contributed by atoms with Crippen molar-refractivity contribution in [1.82, 2.24) is 15.0 Å². The van der Waals surface area contributed by atoms with Gasteiger partial charge in [0, 0.05) is 28.5 Å². The van der Waals surface area contributed by atoms with Crippen LogP contribution >= 0.6 is 11.6 Å². The zero-order chi connectivity index (χ0) is 28.3. The second kappa shape index (κ2) is 9.67. The molecule has 2 atom stereocenters. The molecule has 0 bridgehead atoms. The van der Waals surface area contributed by atoms with Crippen LogP contribution in [0.4, 0.5) is 8.78 Å². The molecule has 7 nitrogen and oxygen atoms in total. The molecule has 2 aromatic rings. The zero-order valence-electron chi connectivity index (χ0n) is 22.1. The monoisotopic (exact) mass is 533 g/mol. The summed E-state index contributed by atoms with van der Waals surface area (Å²) in [7, 11) is 10.0. The quantitative estimate of drug-likeness (QED) is 0.310. The first-order valence-corrected chi connectivity index (χ1v) is 12.7. The normalized spacial score (nSPS) is 19.8. The van der Waals surface area contributed by atoms with E-state index in [4.69, 9.17) is 11.6 Å². The molecule has 2 aliphatic rings. The van der Waals surface area contributed by atoms with Crippen molar-refractivity contribution in [2.75, 3.05) is 0 Å². The molecule has 190 valence electrons. The van der Waals surface area contributed by atoms with Crippen molar-refractivity contribution in [2.24, 2.45) is 0 Å². The van der Waals surface area contributed by atoms with Crippen molar-refractivity contribution >= 4 is 93.4 Å². The van der Waals surface area contributed by atoms with Crippen LogP contribution in [0.5, 0.6) is 0 Å². The maximum atomic E-state index is 15.3. The molecule has 0 spiro atoms. The lowest BCUT2D eigenvalue weighted by atomic mass is 9.52. The largest absolute Gasteiger partial charge is 0.393 e. The number of imide groups is 1. The highest BCUT2D eigenvalue weighted by Gasteiger charge is 2.48. The molecular formula is C22H24B6ClF2N3O4. The maximum absolute atomic E-state index is 15.3. The highest BCUT2D eigenvalue weighted by atomic mass is 35.5. The number of carbonyl (C=O) groups is 4. The molecule has 2 aliphatic heterocycles. The number of nitrogens with zero attached hydrogens (tertiary/aromatic N) is 2. The van der Waals surface area contributed by atoms with Crippen molar-refractivity contribution in [1.29, 1.82) is 0 Å². The fourth-order valence-corrected chi connectivity index (χ4v) is 5.56. The zero-order valence-corrected chi connectivity index (χ0v) is 22.9. The fourth-order valence-electron chi connectivity index (χ4n) is 5.43. The van der Waals surface area contributed by atoms with Gasteiger partial charge in [-0.1, -0.05) is 40.7 Å². The number of hydrogen-bond donors (Lipinski definition) is 1. The summed E-state index contributed by atoms with van der Waals surface area (Å²) in [4.78, 5) is 53.4. The van der Waals surface area contributed by atoms with Crippen molar-refractivity contribution < 1.29 is 28.0 Å². The Bertz CT molecular complexity index is 1380. The van der Waals surface area contributed by atoms with E-state index in [0.717, 1.165) is 16.9 Å². The predicted molar refractivity (Wildman–Crippen MR) is 156 cm³/mol. The van der Waals surface area contributed by atoms with E-state index in [2.05, 4.69) is 5.32 Å². The molecule has 0 aromatic heterocycles. The van der Waals surface area contributed by atoms with Crippen LogP contribution in [0, 0.1) is 0 Å². The minimum atomic E-state index is -3.79. The third kappa shape index (κ3) is 4.38. The Kier molecular flexibility index (Phi) is 7.14. The van der Waals surface area contributed by atoms with E-state index in [9.17, 15) is 19.2 Å². The molecule has 2 aromatic carbocycles. The Hall–Kier alpha value is -2.94. The number of halogens is 3. The summed E-state index contributed by atoms with van der Waals surface area (Å²) in [6, 6.07) is 5.86. The third-order valence-electron chi connectivity index (χ3n) is 8.07. The number of alkyl halides is 2. The van der Waals surface area contributed by atoms with Gasteiger partial charge in [0.25, 0.3) is 11.8 Å². The van der Waals surface area contributed by atoms with Gasteiger partial charge in [-0.2, -0.15) is 8.78 Å². The smallest absolute Gasteiger partial charge is 0.348 e. The number of nitrogens with one attached hydrogen (secondary N) is 1. The van der Waals surface area contributed by atoms with Gasteiger partial charge >= 0.3 is 5.92 Å². The first-order valence-electron chi connectivity index (χ1n) is 12.3. The molecule has 4 amide bonds. The van der Waals surface area contributed by atoms with Gasteiger partial charge in [-0.05, 0) is 35.0 Å². The number of fused-ring (bicyclic) bond motifs is 1. The van der Waals surface area contributed by atoms with Gasteiger partial charge in [0.05, 0.1) is 0 Å². The first-order chi connectivity index (χ1) is 17.6. The van der Waals surface area contributed by atoms with Gasteiger partial charge in [-0.3, -0.25) is 24.5 Å². The second-order valence-corrected chi connectivity index (χ2v) is 10.9. The molecule has 38 heavy (non-hydrogen) atoms. The average molecular weight is 533 g/mol. The Morgan fingerprint density at radius 3 is 2.29 bits per heavy atom. The van der Waals surface area contributed by atoms with E-state index >= 15 is 8.78 Å². The molecular weight excluding hydrogens is 509 g/mol. The maximum Gasteiger partial charge on any atom is 0.348 e. The summed E-state index contributed by atoms with van der Waals surface area (Å²) in [5.74, 6) is -6.86. The SMILES string of the molecule is Bc1c(C(B)(B)N(B)C(=O)C(F)(F)c2ccc(Cl)cc2)cc2c(c1B)C(=O)N(C1CCC(=O)NC1=O)C2B. The molecule has 2 heterocycles. The lowest BCUT2D eigenvalue weighted by molar-refractivity contribution is -0.155. The minimum absolute atomic E-state index is 0.133. The van der Waals surface area contributed by atoms with Crippen molar-refractivity contribution in [3.8, 4) is 0 Å². The Morgan fingerprint density at radius 1 is 1.11 bits per heavy atom. The summed E-state index contributed by atoms with van der Waals surface area (Å²) in [5, 5.41) is 1.40. The molecule has 0 saturated carbocycles. The average Bonchev–Trinajstić information content (AvgIpc) is 3.10. The van der Waals surface area contributed by atoms with E-state index < -0.39 is 40.6 Å². The summed E-state index contributed by atoms with van der Waals surface area (Å²) in [6.45, 7) is 0. The highest BCUT2D eigenvalue weighted by molar-refractivity contribution is 6.54. The Balaban J connectivity index is 1.72. The highest BCUT2D eigenvalue weighted by Crippen LogP contribution is 2.37. The van der Waals surface area contributed by atoms with Crippen LogP contribution in [0.1, 0.15) is 45.8 Å². The van der Waals surface area contributed by atoms with Gasteiger partial charge in [0.2, 0.25) is 19.8 Å². The number of carbonyl (C=O) groups excluding carboxylic acids is 4. The van der Waals surface area contributed by atoms with Gasteiger partial charge in [-0.15, -0.1) is 0 Å². The van der Waals surface area contributed by atoms with Gasteiger partial charge < -0.3 is 9.71 Å². The van der Waals surface area contributed by atoms with E-state index in [1.54, 1.807) is 45.3 Å². The summed E-state index contributed by atoms with van der Waals surface area (Å²) in [6.07, 6.45) is 0.358. The van der Waals surface area contributed by atoms with Crippen molar-refractivity contribution in [2.45, 2.75) is 36.1 Å². The van der Waals surface area contributed by atoms with Crippen LogP contribution in [0.2, 0.25) is 5.02 Å². The van der Waals surface area contributed by atoms with Crippen LogP contribution in [0.3, 0.4) is 0 Å². The van der Waals surface area contributed by atoms with Crippen molar-refractivity contribution in [3.05, 3.63) is 57.6 Å². The third-order valence-corrected chi connectivity index (χ3v) is 8.32. The second-order valence-electron chi connectivity index (χ2n) is 10.5. The number of rotatable bonds is 5. The number of amides is 4. The standard InChI is InChI=1S/C22H24B6ClF2N3O4/c23-15-11(22(26,27)34(28)20(38)21(30,31)8-1-3-9(29)4-2-8)7-10-14(16(15)24)19(37)33(17(10)25)12-5-6-13(35)32-18(12)36/h1-4,7,12,17H,5-6,23-28H2,(H,32,35,36). The van der Waals surface area contributed by atoms with E-state index in [1.165, 1.54) is 25.0 Å². The number of hydrogen-bond acceptors (Lipinski definition) is 4. The van der Waals surface area contributed by atoms with Gasteiger partial charge in [0.15, 0.2) is 0 Å². The van der Waals surface area contributed by atoms with Gasteiger partial charge in [-0.25, -0.2) is 0 Å². The van der Waals surface area contributed by atoms with Gasteiger partial charge in [0.1, 0.15) is 45.3 Å². The number of benzene rings is 2. The molecule has 1 saturated heterocycles. The molecule has 1 N–H and O–H groups in total. The molecule has 16 heteroatoms. The predicted octanol–water partition coefficient (Wildman–Crippen LogP) is -4.71. The molecule has 4 rings (SSSR count). The van der Waals surface area contributed by atoms with Crippen LogP contribution < -0.4 is 16.2 Å². The summed E-state index contributed by atoms with van der Waals surface area (Å²) in [5.41, 5.74) is 2.60. The molecule has 1 fully saturated rings. The molecule has 0 aliphatic carbocycles. The molecule has 2 unspecified atom stereocenters. The fraction of sp³-hybridized carbons (Fsp3) is 0.273. The van der Waals surface area contributed by atoms with E-state index in [1.807, 2.05) is 0 Å². The lowest BCUT2D eigenvalue weighted by Crippen LogP contribution is -2.56. The topological polar surface area (TPSA) is 86.8 Å². The van der Waals surface area contributed by atoms with Crippen LogP contribution in [0.25, 0.3) is 0 Å². The Morgan fingerprint density at radius 2 is 1.71 bits per heavy atom. The summed E-state index contributed by atoms with van der Waals surface area (Å²) >= 11 is 5.83. The van der Waals surface area contributed by atoms with Crippen LogP contribution in [-0.4, -0.2) is 86.6 Å². The number of piperidine rings is 1. The van der Waals surface area contributed by atoms with Crippen molar-refractivity contribution in [3.63, 3.8) is 0 Å². The summed E-state index contributed by atoms with van der Waals surface area (Å²) < 4.78 is 30.5. The first kappa shape index (κ1) is 28.1. The minimum Gasteiger partial charge on any atom is -0.393 e. The van der Waals surface area contributed by atoms with Crippen LogP contribution in [0.15, 0.2) is 30.3 Å². The van der Waals surface area contributed by atoms with E-state index in [-0.39, 0.29) is 29.7 Å². The van der Waals surface area contributed by atoms with Crippen LogP contribution in [-0.2, 0) is 25.6 Å². The Labute approximate surface area is 229 Å².